The van der Waals surface area contributed by atoms with Crippen LogP contribution < -0.4 is 16.4 Å². The van der Waals surface area contributed by atoms with Crippen LogP contribution in [0.5, 0.6) is 0 Å². The number of hydrogen-bond donors (Lipinski definition) is 3. The van der Waals surface area contributed by atoms with Gasteiger partial charge in [-0.15, -0.1) is 0 Å². The van der Waals surface area contributed by atoms with Gasteiger partial charge in [-0.25, -0.2) is 4.39 Å². The average molecular weight is 406 g/mol. The predicted molar refractivity (Wildman–Crippen MR) is 104 cm³/mol. The molecule has 1 atom stereocenters. The molecule has 0 aliphatic rings. The lowest BCUT2D eigenvalue weighted by molar-refractivity contribution is -0.123. The molecule has 8 heteroatoms. The molecule has 28 heavy (non-hydrogen) atoms. The quantitative estimate of drug-likeness (QED) is 0.595. The van der Waals surface area contributed by atoms with Gasteiger partial charge in [0.2, 0.25) is 11.8 Å². The van der Waals surface area contributed by atoms with Crippen LogP contribution in [0.15, 0.2) is 48.5 Å². The van der Waals surface area contributed by atoms with Crippen LogP contribution in [-0.2, 0) is 16.0 Å². The molecule has 0 aliphatic heterocycles. The van der Waals surface area contributed by atoms with Gasteiger partial charge in [-0.1, -0.05) is 23.7 Å². The summed E-state index contributed by atoms with van der Waals surface area (Å²) in [6.07, 6.45) is 0.352. The molecule has 1 unspecified atom stereocenters. The fraction of sp³-hybridized carbons (Fsp3) is 0.250. The first kappa shape index (κ1) is 21.4. The minimum Gasteiger partial charge on any atom is -0.369 e. The van der Waals surface area contributed by atoms with Gasteiger partial charge in [0, 0.05) is 30.1 Å². The van der Waals surface area contributed by atoms with Gasteiger partial charge in [-0.2, -0.15) is 0 Å². The average Bonchev–Trinajstić information content (AvgIpc) is 2.66. The molecule has 0 heterocycles. The summed E-state index contributed by atoms with van der Waals surface area (Å²) in [6.45, 7) is 0.211. The zero-order chi connectivity index (χ0) is 20.5. The van der Waals surface area contributed by atoms with Gasteiger partial charge in [-0.3, -0.25) is 14.4 Å². The highest BCUT2D eigenvalue weighted by molar-refractivity contribution is 6.30. The Hall–Kier alpha value is -2.93. The molecule has 2 aromatic rings. The molecule has 4 N–H and O–H groups in total. The zero-order valence-electron chi connectivity index (χ0n) is 15.1. The van der Waals surface area contributed by atoms with Crippen molar-refractivity contribution in [3.8, 4) is 0 Å². The third kappa shape index (κ3) is 7.00. The van der Waals surface area contributed by atoms with E-state index in [0.717, 1.165) is 5.56 Å². The summed E-state index contributed by atoms with van der Waals surface area (Å²) in [6, 6.07) is 12.1. The van der Waals surface area contributed by atoms with Gasteiger partial charge >= 0.3 is 0 Å². The number of primary amides is 1. The van der Waals surface area contributed by atoms with Crippen molar-refractivity contribution in [3.05, 3.63) is 70.5 Å². The van der Waals surface area contributed by atoms with Crippen molar-refractivity contribution in [2.75, 3.05) is 13.1 Å². The number of carbonyl (C=O) groups is 3. The highest BCUT2D eigenvalue weighted by Gasteiger charge is 2.17. The van der Waals surface area contributed by atoms with Crippen molar-refractivity contribution in [2.24, 2.45) is 11.7 Å². The first-order chi connectivity index (χ1) is 13.3. The van der Waals surface area contributed by atoms with Gasteiger partial charge in [0.25, 0.3) is 5.91 Å². The van der Waals surface area contributed by atoms with Crippen molar-refractivity contribution >= 4 is 29.3 Å². The maximum absolute atomic E-state index is 13.0. The van der Waals surface area contributed by atoms with E-state index in [9.17, 15) is 18.8 Å². The Morgan fingerprint density at radius 3 is 2.25 bits per heavy atom. The molecule has 6 nitrogen and oxygen atoms in total. The Kier molecular flexibility index (Phi) is 7.95. The zero-order valence-corrected chi connectivity index (χ0v) is 15.8. The molecule has 0 aliphatic carbocycles. The first-order valence-corrected chi connectivity index (χ1v) is 9.07. The maximum Gasteiger partial charge on any atom is 0.251 e. The number of halogens is 2. The van der Waals surface area contributed by atoms with Gasteiger partial charge in [0.1, 0.15) is 5.82 Å². The summed E-state index contributed by atoms with van der Waals surface area (Å²) in [7, 11) is 0. The van der Waals surface area contributed by atoms with Crippen LogP contribution in [0, 0.1) is 11.7 Å². The highest BCUT2D eigenvalue weighted by Crippen LogP contribution is 2.10. The molecule has 2 aromatic carbocycles. The molecule has 0 spiro atoms. The predicted octanol–water partition coefficient (Wildman–Crippen LogP) is 2.06. The summed E-state index contributed by atoms with van der Waals surface area (Å²) >= 11 is 5.77. The smallest absolute Gasteiger partial charge is 0.251 e. The van der Waals surface area contributed by atoms with E-state index in [4.69, 9.17) is 17.3 Å². The molecule has 0 fully saturated rings. The van der Waals surface area contributed by atoms with Gasteiger partial charge in [0.05, 0.1) is 5.92 Å². The number of amides is 3. The summed E-state index contributed by atoms with van der Waals surface area (Å²) < 4.78 is 13.0. The molecule has 3 amide bonds. The molecule has 148 valence electrons. The number of rotatable bonds is 9. The molecule has 2 rings (SSSR count). The van der Waals surface area contributed by atoms with Crippen LogP contribution in [0.1, 0.15) is 22.3 Å². The lowest BCUT2D eigenvalue weighted by atomic mass is 9.98. The Balaban J connectivity index is 1.74. The number of benzene rings is 2. The van der Waals surface area contributed by atoms with Crippen molar-refractivity contribution in [2.45, 2.75) is 12.8 Å². The minimum absolute atomic E-state index is 0.0569. The fourth-order valence-corrected chi connectivity index (χ4v) is 2.62. The highest BCUT2D eigenvalue weighted by atomic mass is 35.5. The van der Waals surface area contributed by atoms with E-state index in [1.807, 2.05) is 0 Å². The lowest BCUT2D eigenvalue weighted by Crippen LogP contribution is -2.38. The molecular formula is C20H21ClFN3O3. The van der Waals surface area contributed by atoms with Crippen LogP contribution in [0.25, 0.3) is 0 Å². The van der Waals surface area contributed by atoms with Crippen molar-refractivity contribution in [3.63, 3.8) is 0 Å². The first-order valence-electron chi connectivity index (χ1n) is 8.69. The van der Waals surface area contributed by atoms with E-state index in [0.29, 0.717) is 17.0 Å². The van der Waals surface area contributed by atoms with Gasteiger partial charge in [0.15, 0.2) is 0 Å². The fourth-order valence-electron chi connectivity index (χ4n) is 2.50. The van der Waals surface area contributed by atoms with Crippen molar-refractivity contribution < 1.29 is 18.8 Å². The minimum atomic E-state index is -0.613. The van der Waals surface area contributed by atoms with E-state index in [1.54, 1.807) is 36.4 Å². The lowest BCUT2D eigenvalue weighted by Gasteiger charge is -2.14. The molecule has 0 saturated carbocycles. The van der Waals surface area contributed by atoms with Crippen molar-refractivity contribution in [1.82, 2.24) is 10.6 Å². The normalized spacial score (nSPS) is 11.5. The maximum atomic E-state index is 13.0. The second-order valence-corrected chi connectivity index (χ2v) is 6.68. The van der Waals surface area contributed by atoms with Crippen LogP contribution in [0.2, 0.25) is 5.02 Å². The number of hydrogen-bond acceptors (Lipinski definition) is 3. The van der Waals surface area contributed by atoms with Gasteiger partial charge in [-0.05, 0) is 48.4 Å². The van der Waals surface area contributed by atoms with E-state index in [-0.39, 0.29) is 37.1 Å². The molecule has 0 radical (unpaired) electrons. The van der Waals surface area contributed by atoms with Gasteiger partial charge < -0.3 is 16.4 Å². The molecule has 0 bridgehead atoms. The van der Waals surface area contributed by atoms with E-state index in [2.05, 4.69) is 10.6 Å². The monoisotopic (exact) mass is 405 g/mol. The summed E-state index contributed by atoms with van der Waals surface area (Å²) in [5, 5.41) is 5.80. The van der Waals surface area contributed by atoms with Crippen LogP contribution >= 0.6 is 11.6 Å². The number of carbonyl (C=O) groups excluding carboxylic acids is 3. The molecular weight excluding hydrogens is 385 g/mol. The summed E-state index contributed by atoms with van der Waals surface area (Å²) in [5.41, 5.74) is 6.57. The van der Waals surface area contributed by atoms with Crippen LogP contribution in [0.3, 0.4) is 0 Å². The molecule has 0 aromatic heterocycles. The van der Waals surface area contributed by atoms with Crippen LogP contribution in [0.4, 0.5) is 4.39 Å². The second kappa shape index (κ2) is 10.4. The topological polar surface area (TPSA) is 101 Å². The van der Waals surface area contributed by atoms with E-state index >= 15 is 0 Å². The molecule has 0 saturated heterocycles. The Bertz CT molecular complexity index is 826. The summed E-state index contributed by atoms with van der Waals surface area (Å²) in [5.74, 6) is -2.16. The summed E-state index contributed by atoms with van der Waals surface area (Å²) in [4.78, 5) is 35.5. The van der Waals surface area contributed by atoms with E-state index in [1.165, 1.54) is 12.1 Å². The third-order valence-corrected chi connectivity index (χ3v) is 4.34. The Morgan fingerprint density at radius 1 is 1.00 bits per heavy atom. The second-order valence-electron chi connectivity index (χ2n) is 6.25. The number of nitrogens with one attached hydrogen (secondary N) is 2. The largest absolute Gasteiger partial charge is 0.369 e. The SMILES string of the molecule is NC(=O)C(CNC(=O)CCNC(=O)c1ccc(Cl)cc1)Cc1ccc(F)cc1. The third-order valence-electron chi connectivity index (χ3n) is 4.09. The van der Waals surface area contributed by atoms with E-state index < -0.39 is 11.8 Å². The Morgan fingerprint density at radius 2 is 1.64 bits per heavy atom. The number of nitrogens with two attached hydrogens (primary N) is 1. The van der Waals surface area contributed by atoms with Crippen LogP contribution in [-0.4, -0.2) is 30.8 Å². The van der Waals surface area contributed by atoms with Crippen molar-refractivity contribution in [1.29, 1.82) is 0 Å². The Labute approximate surface area is 167 Å². The standard InChI is InChI=1S/C20H21ClFN3O3/c21-16-5-3-14(4-6-16)20(28)24-10-9-18(26)25-12-15(19(23)27)11-13-1-7-17(22)8-2-13/h1-8,15H,9-12H2,(H2,23,27)(H,24,28)(H,25,26).